The van der Waals surface area contributed by atoms with E-state index < -0.39 is 0 Å². The number of benzene rings is 2. The number of hydrogen-bond donors (Lipinski definition) is 0. The second kappa shape index (κ2) is 5.34. The average Bonchev–Trinajstić information content (AvgIpc) is 2.48. The van der Waals surface area contributed by atoms with E-state index in [2.05, 4.69) is 0 Å². The van der Waals surface area contributed by atoms with Crippen molar-refractivity contribution in [3.8, 4) is 0 Å². The Balaban J connectivity index is 2.05. The predicted octanol–water partition coefficient (Wildman–Crippen LogP) is 3.96. The number of para-hydroxylation sites is 1. The molecule has 2 aromatic rings. The number of nitrogens with zero attached hydrogens (tertiary/aromatic N) is 1. The minimum absolute atomic E-state index is 0.0817. The van der Waals surface area contributed by atoms with Gasteiger partial charge in [0.15, 0.2) is 5.78 Å². The summed E-state index contributed by atoms with van der Waals surface area (Å²) in [6, 6.07) is 13.9. The highest BCUT2D eigenvalue weighted by Gasteiger charge is 2.32. The highest BCUT2D eigenvalue weighted by molar-refractivity contribution is 6.30. The van der Waals surface area contributed by atoms with Crippen LogP contribution in [0, 0.1) is 0 Å². The lowest BCUT2D eigenvalue weighted by Gasteiger charge is -2.34. The molecule has 1 amide bonds. The van der Waals surface area contributed by atoms with Gasteiger partial charge >= 0.3 is 0 Å². The third-order valence-electron chi connectivity index (χ3n) is 3.70. The molecule has 1 aliphatic rings. The summed E-state index contributed by atoms with van der Waals surface area (Å²) in [5.74, 6) is -0.0302. The van der Waals surface area contributed by atoms with Gasteiger partial charge in [0.1, 0.15) is 0 Å². The molecule has 1 heterocycles. The van der Waals surface area contributed by atoms with E-state index in [0.29, 0.717) is 28.3 Å². The van der Waals surface area contributed by atoms with Crippen LogP contribution >= 0.6 is 11.6 Å². The summed E-state index contributed by atoms with van der Waals surface area (Å²) in [6.07, 6.45) is 0.344. The van der Waals surface area contributed by atoms with Crippen molar-refractivity contribution in [3.05, 3.63) is 64.7 Å². The molecule has 4 heteroatoms. The summed E-state index contributed by atoms with van der Waals surface area (Å²) >= 11 is 5.86. The first-order chi connectivity index (χ1) is 10.1. The van der Waals surface area contributed by atoms with Crippen LogP contribution in [0.3, 0.4) is 0 Å². The van der Waals surface area contributed by atoms with Crippen molar-refractivity contribution in [1.29, 1.82) is 0 Å². The molecule has 1 unspecified atom stereocenters. The molecule has 0 aromatic heterocycles. The summed E-state index contributed by atoms with van der Waals surface area (Å²) in [5.41, 5.74) is 1.86. The van der Waals surface area contributed by atoms with Crippen LogP contribution in [0.5, 0.6) is 0 Å². The molecule has 106 valence electrons. The van der Waals surface area contributed by atoms with Crippen LogP contribution in [0.4, 0.5) is 5.69 Å². The number of rotatable bonds is 1. The fraction of sp³-hybridized carbons (Fsp3) is 0.176. The van der Waals surface area contributed by atoms with E-state index in [-0.39, 0.29) is 17.7 Å². The van der Waals surface area contributed by atoms with E-state index in [1.54, 1.807) is 35.2 Å². The van der Waals surface area contributed by atoms with Crippen LogP contribution in [0.15, 0.2) is 48.5 Å². The van der Waals surface area contributed by atoms with E-state index in [0.717, 1.165) is 0 Å². The van der Waals surface area contributed by atoms with Gasteiger partial charge in [0.25, 0.3) is 5.91 Å². The minimum Gasteiger partial charge on any atom is -0.304 e. The van der Waals surface area contributed by atoms with Gasteiger partial charge in [0.2, 0.25) is 0 Å². The second-order valence-electron chi connectivity index (χ2n) is 5.18. The van der Waals surface area contributed by atoms with Gasteiger partial charge in [-0.05, 0) is 43.3 Å². The fourth-order valence-corrected chi connectivity index (χ4v) is 2.79. The molecule has 3 nitrogen and oxygen atoms in total. The number of carbonyl (C=O) groups is 2. The number of fused-ring (bicyclic) bond motifs is 1. The Bertz CT molecular complexity index is 709. The number of Topliss-reactive ketones (excluding diaryl/α,β-unsaturated/α-hetero) is 1. The normalized spacial score (nSPS) is 17.5. The van der Waals surface area contributed by atoms with E-state index in [9.17, 15) is 9.59 Å². The first-order valence-electron chi connectivity index (χ1n) is 6.79. The van der Waals surface area contributed by atoms with Gasteiger partial charge in [0, 0.05) is 28.6 Å². The molecule has 0 N–H and O–H groups in total. The molecule has 0 spiro atoms. The van der Waals surface area contributed by atoms with Gasteiger partial charge in [0.05, 0.1) is 5.69 Å². The summed E-state index contributed by atoms with van der Waals surface area (Å²) in [4.78, 5) is 26.5. The van der Waals surface area contributed by atoms with Crippen LogP contribution in [0.2, 0.25) is 5.02 Å². The molecule has 0 bridgehead atoms. The maximum atomic E-state index is 12.8. The number of anilines is 1. The van der Waals surface area contributed by atoms with E-state index >= 15 is 0 Å². The Morgan fingerprint density at radius 1 is 1.14 bits per heavy atom. The Labute approximate surface area is 128 Å². The van der Waals surface area contributed by atoms with Crippen molar-refractivity contribution in [2.75, 3.05) is 4.90 Å². The first-order valence-corrected chi connectivity index (χ1v) is 7.17. The van der Waals surface area contributed by atoms with Crippen molar-refractivity contribution in [2.24, 2.45) is 0 Å². The molecule has 0 fully saturated rings. The zero-order valence-corrected chi connectivity index (χ0v) is 12.3. The SMILES string of the molecule is CC1CC(=O)c2ccccc2N1C(=O)c1ccc(Cl)cc1. The van der Waals surface area contributed by atoms with Crippen LogP contribution in [0.25, 0.3) is 0 Å². The maximum Gasteiger partial charge on any atom is 0.258 e. The average molecular weight is 300 g/mol. The molecule has 0 saturated heterocycles. The van der Waals surface area contributed by atoms with Crippen molar-refractivity contribution in [3.63, 3.8) is 0 Å². The van der Waals surface area contributed by atoms with E-state index in [1.807, 2.05) is 25.1 Å². The molecular weight excluding hydrogens is 286 g/mol. The molecule has 1 aliphatic heterocycles. The molecule has 3 rings (SSSR count). The Hall–Kier alpha value is -2.13. The summed E-state index contributed by atoms with van der Waals surface area (Å²) in [6.45, 7) is 1.89. The molecule has 2 aromatic carbocycles. The van der Waals surface area contributed by atoms with Crippen molar-refractivity contribution >= 4 is 29.0 Å². The zero-order valence-electron chi connectivity index (χ0n) is 11.5. The Kier molecular flexibility index (Phi) is 3.52. The fourth-order valence-electron chi connectivity index (χ4n) is 2.67. The highest BCUT2D eigenvalue weighted by atomic mass is 35.5. The maximum absolute atomic E-state index is 12.8. The zero-order chi connectivity index (χ0) is 15.0. The van der Waals surface area contributed by atoms with Gasteiger partial charge in [-0.15, -0.1) is 0 Å². The van der Waals surface area contributed by atoms with Crippen LogP contribution in [-0.2, 0) is 0 Å². The minimum atomic E-state index is -0.157. The monoisotopic (exact) mass is 299 g/mol. The van der Waals surface area contributed by atoms with Gasteiger partial charge < -0.3 is 4.90 Å². The number of hydrogen-bond acceptors (Lipinski definition) is 2. The van der Waals surface area contributed by atoms with Crippen LogP contribution in [0.1, 0.15) is 34.1 Å². The topological polar surface area (TPSA) is 37.4 Å². The third kappa shape index (κ3) is 2.45. The van der Waals surface area contributed by atoms with E-state index in [1.165, 1.54) is 0 Å². The Morgan fingerprint density at radius 3 is 2.52 bits per heavy atom. The molecule has 0 aliphatic carbocycles. The molecule has 0 radical (unpaired) electrons. The summed E-state index contributed by atoms with van der Waals surface area (Å²) in [7, 11) is 0. The van der Waals surface area contributed by atoms with Gasteiger partial charge in [-0.3, -0.25) is 9.59 Å². The van der Waals surface area contributed by atoms with E-state index in [4.69, 9.17) is 11.6 Å². The van der Waals surface area contributed by atoms with Gasteiger partial charge in [-0.2, -0.15) is 0 Å². The van der Waals surface area contributed by atoms with Gasteiger partial charge in [-0.1, -0.05) is 23.7 Å². The smallest absolute Gasteiger partial charge is 0.258 e. The highest BCUT2D eigenvalue weighted by Crippen LogP contribution is 2.31. The predicted molar refractivity (Wildman–Crippen MR) is 83.1 cm³/mol. The lowest BCUT2D eigenvalue weighted by atomic mass is 9.94. The summed E-state index contributed by atoms with van der Waals surface area (Å²) in [5, 5.41) is 0.592. The lowest BCUT2D eigenvalue weighted by molar-refractivity contribution is 0.0936. The lowest BCUT2D eigenvalue weighted by Crippen LogP contribution is -2.43. The standard InChI is InChI=1S/C17H14ClNO2/c1-11-10-16(20)14-4-2-3-5-15(14)19(11)17(21)12-6-8-13(18)9-7-12/h2-9,11H,10H2,1H3. The molecule has 21 heavy (non-hydrogen) atoms. The number of ketones is 1. The summed E-state index contributed by atoms with van der Waals surface area (Å²) < 4.78 is 0. The quantitative estimate of drug-likeness (QED) is 0.799. The number of amides is 1. The largest absolute Gasteiger partial charge is 0.304 e. The third-order valence-corrected chi connectivity index (χ3v) is 3.95. The van der Waals surface area contributed by atoms with Crippen molar-refractivity contribution in [2.45, 2.75) is 19.4 Å². The number of carbonyl (C=O) groups excluding carboxylic acids is 2. The van der Waals surface area contributed by atoms with Crippen molar-refractivity contribution < 1.29 is 9.59 Å². The Morgan fingerprint density at radius 2 is 1.81 bits per heavy atom. The number of halogens is 1. The first kappa shape index (κ1) is 13.8. The van der Waals surface area contributed by atoms with Crippen LogP contribution < -0.4 is 4.90 Å². The van der Waals surface area contributed by atoms with Crippen molar-refractivity contribution in [1.82, 2.24) is 0 Å². The molecule has 0 saturated carbocycles. The second-order valence-corrected chi connectivity index (χ2v) is 5.61. The molecule has 1 atom stereocenters. The van der Waals surface area contributed by atoms with Crippen LogP contribution in [-0.4, -0.2) is 17.7 Å². The molecular formula is C17H14ClNO2. The van der Waals surface area contributed by atoms with Gasteiger partial charge in [-0.25, -0.2) is 0 Å².